The van der Waals surface area contributed by atoms with Crippen LogP contribution < -0.4 is 0 Å². The average molecular weight is 195 g/mol. The van der Waals surface area contributed by atoms with Crippen LogP contribution in [0.4, 0.5) is 9.18 Å². The number of hydrogen-bond donors (Lipinski definition) is 1. The predicted molar refractivity (Wildman–Crippen MR) is 48.7 cm³/mol. The van der Waals surface area contributed by atoms with Crippen molar-refractivity contribution >= 4 is 6.09 Å². The van der Waals surface area contributed by atoms with E-state index in [9.17, 15) is 9.18 Å². The molecular formula is C10H10FNO2. The van der Waals surface area contributed by atoms with Crippen LogP contribution in [0, 0.1) is 0 Å². The summed E-state index contributed by atoms with van der Waals surface area (Å²) in [6.45, 7) is 0.221. The van der Waals surface area contributed by atoms with Gasteiger partial charge in [-0.2, -0.15) is 0 Å². The monoisotopic (exact) mass is 195 g/mol. The number of carbonyl (C=O) groups is 1. The first-order valence-electron chi connectivity index (χ1n) is 4.38. The van der Waals surface area contributed by atoms with Crippen molar-refractivity contribution in [2.24, 2.45) is 0 Å². The minimum Gasteiger partial charge on any atom is -0.465 e. The predicted octanol–water partition coefficient (Wildman–Crippen LogP) is 2.19. The molecule has 74 valence electrons. The highest BCUT2D eigenvalue weighted by molar-refractivity contribution is 5.65. The summed E-state index contributed by atoms with van der Waals surface area (Å²) >= 11 is 0. The van der Waals surface area contributed by atoms with E-state index in [0.29, 0.717) is 5.56 Å². The second-order valence-electron chi connectivity index (χ2n) is 3.33. The number of benzene rings is 1. The van der Waals surface area contributed by atoms with Crippen LogP contribution in [-0.4, -0.2) is 22.6 Å². The third kappa shape index (κ3) is 1.43. The topological polar surface area (TPSA) is 40.5 Å². The zero-order valence-corrected chi connectivity index (χ0v) is 7.48. The summed E-state index contributed by atoms with van der Waals surface area (Å²) in [7, 11) is 0. The molecule has 1 amide bonds. The maximum atomic E-state index is 13.5. The Balaban J connectivity index is 2.33. The largest absolute Gasteiger partial charge is 0.465 e. The van der Waals surface area contributed by atoms with Crippen molar-refractivity contribution in [3.63, 3.8) is 0 Å². The number of amides is 1. The molecule has 1 aromatic rings. The van der Waals surface area contributed by atoms with Gasteiger partial charge in [0.05, 0.1) is 6.54 Å². The van der Waals surface area contributed by atoms with E-state index < -0.39 is 12.3 Å². The van der Waals surface area contributed by atoms with Gasteiger partial charge in [-0.25, -0.2) is 9.18 Å². The van der Waals surface area contributed by atoms with Crippen LogP contribution in [-0.2, 0) is 6.54 Å². The van der Waals surface area contributed by atoms with E-state index in [0.717, 1.165) is 10.5 Å². The molecule has 0 saturated heterocycles. The molecule has 1 aliphatic heterocycles. The van der Waals surface area contributed by atoms with Gasteiger partial charge in [-0.15, -0.1) is 0 Å². The molecule has 14 heavy (non-hydrogen) atoms. The highest BCUT2D eigenvalue weighted by Crippen LogP contribution is 2.28. The molecule has 0 radical (unpaired) electrons. The quantitative estimate of drug-likeness (QED) is 0.689. The van der Waals surface area contributed by atoms with Crippen LogP contribution in [0.15, 0.2) is 24.3 Å². The van der Waals surface area contributed by atoms with Gasteiger partial charge in [0.2, 0.25) is 0 Å². The van der Waals surface area contributed by atoms with E-state index in [1.165, 1.54) is 0 Å². The Hall–Kier alpha value is -1.58. The third-order valence-electron chi connectivity index (χ3n) is 2.40. The Bertz CT molecular complexity index is 367. The maximum absolute atomic E-state index is 13.5. The fourth-order valence-electron chi connectivity index (χ4n) is 1.69. The van der Waals surface area contributed by atoms with Crippen LogP contribution >= 0.6 is 0 Å². The van der Waals surface area contributed by atoms with Crippen LogP contribution in [0.2, 0.25) is 0 Å². The normalized spacial score (nSPS) is 20.4. The van der Waals surface area contributed by atoms with E-state index in [2.05, 4.69) is 0 Å². The zero-order valence-electron chi connectivity index (χ0n) is 7.48. The van der Waals surface area contributed by atoms with Crippen LogP contribution in [0.5, 0.6) is 0 Å². The molecule has 0 aromatic heterocycles. The lowest BCUT2D eigenvalue weighted by Crippen LogP contribution is -2.36. The van der Waals surface area contributed by atoms with E-state index in [4.69, 9.17) is 5.11 Å². The summed E-state index contributed by atoms with van der Waals surface area (Å²) in [5.74, 6) is 0. The van der Waals surface area contributed by atoms with E-state index in [-0.39, 0.29) is 13.1 Å². The van der Waals surface area contributed by atoms with Crippen LogP contribution in [0.3, 0.4) is 0 Å². The SMILES string of the molecule is O=C(O)N1Cc2ccccc2C(F)C1. The summed E-state index contributed by atoms with van der Waals surface area (Å²) in [5.41, 5.74) is 1.37. The molecule has 0 saturated carbocycles. The summed E-state index contributed by atoms with van der Waals surface area (Å²) in [6.07, 6.45) is -2.27. The minimum atomic E-state index is -1.20. The Morgan fingerprint density at radius 2 is 2.21 bits per heavy atom. The molecule has 1 N–H and O–H groups in total. The number of halogens is 1. The molecule has 0 aliphatic carbocycles. The lowest BCUT2D eigenvalue weighted by atomic mass is 9.99. The zero-order chi connectivity index (χ0) is 10.1. The molecule has 1 unspecified atom stereocenters. The molecule has 1 aromatic carbocycles. The van der Waals surface area contributed by atoms with Crippen molar-refractivity contribution in [3.05, 3.63) is 35.4 Å². The van der Waals surface area contributed by atoms with Crippen molar-refractivity contribution in [2.45, 2.75) is 12.7 Å². The summed E-state index contributed by atoms with van der Waals surface area (Å²) in [4.78, 5) is 11.8. The van der Waals surface area contributed by atoms with Crippen molar-refractivity contribution in [3.8, 4) is 0 Å². The highest BCUT2D eigenvalue weighted by Gasteiger charge is 2.27. The number of rotatable bonds is 0. The van der Waals surface area contributed by atoms with Crippen LogP contribution in [0.1, 0.15) is 17.3 Å². The van der Waals surface area contributed by atoms with Gasteiger partial charge in [-0.3, -0.25) is 0 Å². The van der Waals surface area contributed by atoms with Crippen molar-refractivity contribution in [2.75, 3.05) is 6.54 Å². The minimum absolute atomic E-state index is 0.0631. The fourth-order valence-corrected chi connectivity index (χ4v) is 1.69. The lowest BCUT2D eigenvalue weighted by molar-refractivity contribution is 0.117. The molecule has 1 aliphatic rings. The van der Waals surface area contributed by atoms with Gasteiger partial charge in [0, 0.05) is 6.54 Å². The molecule has 3 nitrogen and oxygen atoms in total. The number of nitrogens with zero attached hydrogens (tertiary/aromatic N) is 1. The van der Waals surface area contributed by atoms with Gasteiger partial charge in [0.25, 0.3) is 0 Å². The Morgan fingerprint density at radius 3 is 2.93 bits per heavy atom. The fraction of sp³-hybridized carbons (Fsp3) is 0.300. The van der Waals surface area contributed by atoms with E-state index in [1.54, 1.807) is 24.3 Å². The first kappa shape index (κ1) is 8.99. The molecule has 2 rings (SSSR count). The average Bonchev–Trinajstić information content (AvgIpc) is 2.17. The smallest absolute Gasteiger partial charge is 0.407 e. The summed E-state index contributed by atoms with van der Waals surface area (Å²) < 4.78 is 13.5. The van der Waals surface area contributed by atoms with Crippen molar-refractivity contribution in [1.82, 2.24) is 4.90 Å². The van der Waals surface area contributed by atoms with E-state index in [1.807, 2.05) is 0 Å². The second-order valence-corrected chi connectivity index (χ2v) is 3.33. The second kappa shape index (κ2) is 3.29. The van der Waals surface area contributed by atoms with Gasteiger partial charge in [0.1, 0.15) is 6.17 Å². The first-order valence-corrected chi connectivity index (χ1v) is 4.38. The number of hydrogen-bond acceptors (Lipinski definition) is 1. The van der Waals surface area contributed by atoms with Crippen molar-refractivity contribution < 1.29 is 14.3 Å². The van der Waals surface area contributed by atoms with Gasteiger partial charge >= 0.3 is 6.09 Å². The standard InChI is InChI=1S/C10H10FNO2/c11-9-6-12(10(13)14)5-7-3-1-2-4-8(7)9/h1-4,9H,5-6H2,(H,13,14). The number of alkyl halides is 1. The van der Waals surface area contributed by atoms with Crippen molar-refractivity contribution in [1.29, 1.82) is 0 Å². The maximum Gasteiger partial charge on any atom is 0.407 e. The first-order chi connectivity index (χ1) is 6.68. The van der Waals surface area contributed by atoms with Gasteiger partial charge in [-0.05, 0) is 11.1 Å². The van der Waals surface area contributed by atoms with Gasteiger partial charge in [0.15, 0.2) is 0 Å². The molecule has 0 spiro atoms. The molecule has 4 heteroatoms. The van der Waals surface area contributed by atoms with Gasteiger partial charge in [-0.1, -0.05) is 24.3 Å². The molecule has 0 bridgehead atoms. The molecule has 1 atom stereocenters. The Kier molecular flexibility index (Phi) is 2.11. The molecule has 0 fully saturated rings. The Labute approximate surface area is 80.8 Å². The van der Waals surface area contributed by atoms with Crippen LogP contribution in [0.25, 0.3) is 0 Å². The molecular weight excluding hydrogens is 185 g/mol. The Morgan fingerprint density at radius 1 is 1.50 bits per heavy atom. The lowest BCUT2D eigenvalue weighted by Gasteiger charge is -2.28. The summed E-state index contributed by atoms with van der Waals surface area (Å²) in [6, 6.07) is 7.02. The van der Waals surface area contributed by atoms with E-state index >= 15 is 0 Å². The highest BCUT2D eigenvalue weighted by atomic mass is 19.1. The molecule has 1 heterocycles. The number of carboxylic acid groups (broad SMARTS) is 1. The van der Waals surface area contributed by atoms with Gasteiger partial charge < -0.3 is 10.0 Å². The number of fused-ring (bicyclic) bond motifs is 1. The summed E-state index contributed by atoms with van der Waals surface area (Å²) in [5, 5.41) is 8.74. The third-order valence-corrected chi connectivity index (χ3v) is 2.40.